The molecule has 0 radical (unpaired) electrons. The summed E-state index contributed by atoms with van der Waals surface area (Å²) in [5.74, 6) is -1.79. The van der Waals surface area contributed by atoms with Crippen LogP contribution in [0.1, 0.15) is 26.2 Å². The van der Waals surface area contributed by atoms with E-state index in [0.29, 0.717) is 12.8 Å². The molecular formula is C16H24O5. The van der Waals surface area contributed by atoms with Gasteiger partial charge in [-0.15, -0.1) is 0 Å². The molecule has 2 aliphatic carbocycles. The third-order valence-corrected chi connectivity index (χ3v) is 5.27. The molecule has 0 unspecified atom stereocenters. The summed E-state index contributed by atoms with van der Waals surface area (Å²) in [4.78, 5) is 11.7. The quantitative estimate of drug-likeness (QED) is 0.398. The lowest BCUT2D eigenvalue weighted by Crippen LogP contribution is -2.59. The van der Waals surface area contributed by atoms with Gasteiger partial charge in [-0.2, -0.15) is 0 Å². The average molecular weight is 296 g/mol. The molecule has 0 aromatic heterocycles. The lowest BCUT2D eigenvalue weighted by atomic mass is 9.53. The lowest BCUT2D eigenvalue weighted by molar-refractivity contribution is -0.155. The predicted octanol–water partition coefficient (Wildman–Crippen LogP) is 0.791. The monoisotopic (exact) mass is 296 g/mol. The summed E-state index contributed by atoms with van der Waals surface area (Å²) in [5.41, 5.74) is 0.276. The fourth-order valence-electron chi connectivity index (χ4n) is 4.09. The number of rotatable bonds is 2. The van der Waals surface area contributed by atoms with E-state index in [1.165, 1.54) is 7.11 Å². The van der Waals surface area contributed by atoms with Crippen LogP contribution in [0.25, 0.3) is 0 Å². The van der Waals surface area contributed by atoms with Crippen LogP contribution in [-0.2, 0) is 9.53 Å². The smallest absolute Gasteiger partial charge is 0.333 e. The summed E-state index contributed by atoms with van der Waals surface area (Å²) in [6, 6.07) is 0. The second kappa shape index (κ2) is 5.55. The van der Waals surface area contributed by atoms with E-state index in [-0.39, 0.29) is 17.9 Å². The first-order valence-electron chi connectivity index (χ1n) is 7.23. The molecule has 0 heterocycles. The van der Waals surface area contributed by atoms with E-state index in [2.05, 4.69) is 17.9 Å². The molecular weight excluding hydrogens is 272 g/mol. The Balaban J connectivity index is 2.36. The molecule has 0 aliphatic heterocycles. The standard InChI is InChI=1S/C16H24O5/c1-8-5-6-11(18)16(3)7-10(17)12(14(19)13(8)16)9(2)15(20)21-4/h10-14,17-19H,1-2,5-7H2,3-4H3/t10-,11+,12+,13-,14-,16-/m0/s1. The van der Waals surface area contributed by atoms with Crippen LogP contribution in [0.4, 0.5) is 0 Å². The minimum Gasteiger partial charge on any atom is -0.466 e. The molecule has 0 spiro atoms. The zero-order valence-corrected chi connectivity index (χ0v) is 12.6. The highest BCUT2D eigenvalue weighted by atomic mass is 16.5. The van der Waals surface area contributed by atoms with Gasteiger partial charge in [-0.3, -0.25) is 0 Å². The SMILES string of the molecule is C=C(C(=O)OC)[C@H]1[C@H](O)[C@@H]2C(=C)CC[C@@H](O)[C@]2(C)C[C@@H]1O. The molecule has 0 saturated heterocycles. The summed E-state index contributed by atoms with van der Waals surface area (Å²) in [6.07, 6.45) is -1.07. The normalized spacial score (nSPS) is 43.1. The van der Waals surface area contributed by atoms with Gasteiger partial charge in [-0.25, -0.2) is 4.79 Å². The van der Waals surface area contributed by atoms with Crippen LogP contribution in [0.3, 0.4) is 0 Å². The molecule has 0 aromatic rings. The second-order valence-electron chi connectivity index (χ2n) is 6.50. The highest BCUT2D eigenvalue weighted by molar-refractivity contribution is 5.88. The van der Waals surface area contributed by atoms with E-state index in [9.17, 15) is 20.1 Å². The van der Waals surface area contributed by atoms with Gasteiger partial charge in [-0.05, 0) is 19.3 Å². The number of hydrogen-bond donors (Lipinski definition) is 3. The molecule has 5 nitrogen and oxygen atoms in total. The van der Waals surface area contributed by atoms with Crippen molar-refractivity contribution >= 4 is 5.97 Å². The summed E-state index contributed by atoms with van der Waals surface area (Å²) in [5, 5.41) is 31.4. The van der Waals surface area contributed by atoms with Crippen molar-refractivity contribution in [3.05, 3.63) is 24.3 Å². The van der Waals surface area contributed by atoms with Gasteiger partial charge in [0.2, 0.25) is 0 Å². The Bertz CT molecular complexity index is 471. The van der Waals surface area contributed by atoms with Gasteiger partial charge in [0.1, 0.15) is 0 Å². The molecule has 3 N–H and O–H groups in total. The van der Waals surface area contributed by atoms with Crippen molar-refractivity contribution < 1.29 is 24.9 Å². The van der Waals surface area contributed by atoms with Crippen LogP contribution in [-0.4, -0.2) is 46.7 Å². The summed E-state index contributed by atoms with van der Waals surface area (Å²) in [7, 11) is 1.24. The van der Waals surface area contributed by atoms with Gasteiger partial charge in [0.25, 0.3) is 0 Å². The predicted molar refractivity (Wildman–Crippen MR) is 77.3 cm³/mol. The molecule has 2 aliphatic rings. The maximum Gasteiger partial charge on any atom is 0.333 e. The zero-order chi connectivity index (χ0) is 15.9. The van der Waals surface area contributed by atoms with Crippen LogP contribution in [0.15, 0.2) is 24.3 Å². The topological polar surface area (TPSA) is 87.0 Å². The number of ether oxygens (including phenoxy) is 1. The molecule has 0 amide bonds. The molecule has 2 fully saturated rings. The van der Waals surface area contributed by atoms with Crippen molar-refractivity contribution in [3.8, 4) is 0 Å². The molecule has 0 aromatic carbocycles. The van der Waals surface area contributed by atoms with Crippen LogP contribution >= 0.6 is 0 Å². The Morgan fingerprint density at radius 1 is 1.38 bits per heavy atom. The number of carbonyl (C=O) groups is 1. The number of aliphatic hydroxyl groups excluding tert-OH is 3. The van der Waals surface area contributed by atoms with E-state index in [0.717, 1.165) is 5.57 Å². The van der Waals surface area contributed by atoms with Gasteiger partial charge in [0, 0.05) is 22.8 Å². The van der Waals surface area contributed by atoms with Crippen molar-refractivity contribution in [1.82, 2.24) is 0 Å². The second-order valence-corrected chi connectivity index (χ2v) is 6.50. The zero-order valence-electron chi connectivity index (χ0n) is 12.6. The van der Waals surface area contributed by atoms with Gasteiger partial charge >= 0.3 is 5.97 Å². The van der Waals surface area contributed by atoms with Gasteiger partial charge in [0.15, 0.2) is 0 Å². The van der Waals surface area contributed by atoms with Crippen LogP contribution in [0, 0.1) is 17.3 Å². The van der Waals surface area contributed by atoms with E-state index < -0.39 is 35.6 Å². The summed E-state index contributed by atoms with van der Waals surface area (Å²) >= 11 is 0. The molecule has 0 bridgehead atoms. The Morgan fingerprint density at radius 3 is 2.57 bits per heavy atom. The number of aliphatic hydroxyl groups is 3. The molecule has 118 valence electrons. The first kappa shape index (κ1) is 16.2. The van der Waals surface area contributed by atoms with E-state index in [1.807, 2.05) is 6.92 Å². The van der Waals surface area contributed by atoms with Crippen LogP contribution < -0.4 is 0 Å². The highest BCUT2D eigenvalue weighted by Crippen LogP contribution is 2.54. The Labute approximate surface area is 124 Å². The van der Waals surface area contributed by atoms with Crippen molar-refractivity contribution in [2.75, 3.05) is 7.11 Å². The van der Waals surface area contributed by atoms with E-state index in [4.69, 9.17) is 0 Å². The highest BCUT2D eigenvalue weighted by Gasteiger charge is 2.56. The van der Waals surface area contributed by atoms with E-state index >= 15 is 0 Å². The minimum absolute atomic E-state index is 0.0624. The van der Waals surface area contributed by atoms with Gasteiger partial charge < -0.3 is 20.1 Å². The number of fused-ring (bicyclic) bond motifs is 1. The van der Waals surface area contributed by atoms with Crippen molar-refractivity contribution in [3.63, 3.8) is 0 Å². The number of esters is 1. The lowest BCUT2D eigenvalue weighted by Gasteiger charge is -2.55. The number of methoxy groups -OCH3 is 1. The van der Waals surface area contributed by atoms with Gasteiger partial charge in [0.05, 0.1) is 25.4 Å². The Kier molecular flexibility index (Phi) is 4.29. The average Bonchev–Trinajstić information content (AvgIpc) is 2.41. The van der Waals surface area contributed by atoms with Crippen molar-refractivity contribution in [2.24, 2.45) is 17.3 Å². The van der Waals surface area contributed by atoms with E-state index in [1.54, 1.807) is 0 Å². The molecule has 2 saturated carbocycles. The first-order chi connectivity index (χ1) is 9.74. The third-order valence-electron chi connectivity index (χ3n) is 5.27. The fourth-order valence-corrected chi connectivity index (χ4v) is 4.09. The van der Waals surface area contributed by atoms with Crippen molar-refractivity contribution in [2.45, 2.75) is 44.5 Å². The molecule has 6 atom stereocenters. The minimum atomic E-state index is -1.01. The largest absolute Gasteiger partial charge is 0.466 e. The number of carbonyl (C=O) groups excluding carboxylic acids is 1. The van der Waals surface area contributed by atoms with Crippen LogP contribution in [0.5, 0.6) is 0 Å². The van der Waals surface area contributed by atoms with Crippen LogP contribution in [0.2, 0.25) is 0 Å². The maximum atomic E-state index is 11.7. The summed E-state index contributed by atoms with van der Waals surface area (Å²) < 4.78 is 4.64. The Hall–Kier alpha value is -1.17. The Morgan fingerprint density at radius 2 is 2.00 bits per heavy atom. The summed E-state index contributed by atoms with van der Waals surface area (Å²) in [6.45, 7) is 9.54. The number of hydrogen-bond acceptors (Lipinski definition) is 5. The fraction of sp³-hybridized carbons (Fsp3) is 0.688. The van der Waals surface area contributed by atoms with Crippen molar-refractivity contribution in [1.29, 1.82) is 0 Å². The third kappa shape index (κ3) is 2.43. The first-order valence-corrected chi connectivity index (χ1v) is 7.23. The maximum absolute atomic E-state index is 11.7. The molecule has 5 heteroatoms. The molecule has 21 heavy (non-hydrogen) atoms. The molecule has 2 rings (SSSR count). The van der Waals surface area contributed by atoms with Gasteiger partial charge in [-0.1, -0.05) is 25.7 Å².